The summed E-state index contributed by atoms with van der Waals surface area (Å²) in [5.41, 5.74) is -0.0312. The Kier molecular flexibility index (Phi) is 5.69. The Bertz CT molecular complexity index is 1010. The number of phenols is 1. The highest BCUT2D eigenvalue weighted by molar-refractivity contribution is 8.15. The molecule has 3 amide bonds. The number of amides is 3. The summed E-state index contributed by atoms with van der Waals surface area (Å²) >= 11 is 0.724. The van der Waals surface area contributed by atoms with Gasteiger partial charge in [0.1, 0.15) is 16.7 Å². The summed E-state index contributed by atoms with van der Waals surface area (Å²) in [4.78, 5) is 48.2. The van der Waals surface area contributed by atoms with Crippen LogP contribution in [0.2, 0.25) is 0 Å². The van der Waals surface area contributed by atoms with E-state index >= 15 is 0 Å². The summed E-state index contributed by atoms with van der Waals surface area (Å²) in [6, 6.07) is 9.63. The van der Waals surface area contributed by atoms with E-state index in [1.165, 1.54) is 19.2 Å². The van der Waals surface area contributed by atoms with Crippen molar-refractivity contribution in [3.8, 4) is 11.5 Å². The summed E-state index contributed by atoms with van der Waals surface area (Å²) in [5, 5.41) is 21.4. The summed E-state index contributed by atoms with van der Waals surface area (Å²) in [7, 11) is 1.46. The Morgan fingerprint density at radius 2 is 2.07 bits per heavy atom. The first kappa shape index (κ1) is 20.1. The number of anilines is 2. The third-order valence-electron chi connectivity index (χ3n) is 4.07. The maximum Gasteiger partial charge on any atom is 0.293 e. The van der Waals surface area contributed by atoms with Crippen LogP contribution in [0.1, 0.15) is 6.42 Å². The van der Waals surface area contributed by atoms with Gasteiger partial charge in [0.05, 0.1) is 29.5 Å². The molecule has 0 aliphatic carbocycles. The van der Waals surface area contributed by atoms with Crippen LogP contribution in [0.5, 0.6) is 11.5 Å². The van der Waals surface area contributed by atoms with Gasteiger partial charge in [0.15, 0.2) is 0 Å². The van der Waals surface area contributed by atoms with Gasteiger partial charge in [-0.15, -0.1) is 0 Å². The highest BCUT2D eigenvalue weighted by atomic mass is 32.2. The number of benzene rings is 2. The van der Waals surface area contributed by atoms with Crippen molar-refractivity contribution in [2.45, 2.75) is 11.7 Å². The number of aromatic hydroxyl groups is 1. The van der Waals surface area contributed by atoms with Crippen LogP contribution < -0.4 is 15.0 Å². The molecule has 0 radical (unpaired) electrons. The van der Waals surface area contributed by atoms with Gasteiger partial charge in [-0.2, -0.15) is 0 Å². The van der Waals surface area contributed by atoms with Gasteiger partial charge in [0.2, 0.25) is 11.8 Å². The van der Waals surface area contributed by atoms with Crippen molar-refractivity contribution in [2.75, 3.05) is 17.3 Å². The molecule has 3 rings (SSSR count). The first-order chi connectivity index (χ1) is 13.8. The Labute approximate surface area is 168 Å². The lowest BCUT2D eigenvalue weighted by molar-refractivity contribution is -0.384. The normalized spacial score (nSPS) is 16.0. The van der Waals surface area contributed by atoms with Gasteiger partial charge in [-0.25, -0.2) is 4.90 Å². The number of rotatable bonds is 6. The van der Waals surface area contributed by atoms with Crippen LogP contribution in [-0.2, 0) is 9.59 Å². The monoisotopic (exact) mass is 417 g/mol. The van der Waals surface area contributed by atoms with Crippen LogP contribution in [0.15, 0.2) is 42.5 Å². The molecule has 1 saturated heterocycles. The fourth-order valence-corrected chi connectivity index (χ4v) is 3.66. The molecular formula is C18H15N3O7S. The molecule has 1 fully saturated rings. The minimum Gasteiger partial charge on any atom is -0.506 e. The second-order valence-corrected chi connectivity index (χ2v) is 7.11. The molecule has 1 aliphatic heterocycles. The van der Waals surface area contributed by atoms with E-state index in [1.54, 1.807) is 18.2 Å². The third-order valence-corrected chi connectivity index (χ3v) is 5.11. The molecule has 2 aromatic carbocycles. The van der Waals surface area contributed by atoms with Crippen molar-refractivity contribution >= 4 is 45.9 Å². The van der Waals surface area contributed by atoms with Gasteiger partial charge >= 0.3 is 0 Å². The van der Waals surface area contributed by atoms with Crippen LogP contribution in [0.25, 0.3) is 0 Å². The molecule has 0 saturated carbocycles. The summed E-state index contributed by atoms with van der Waals surface area (Å²) in [5.74, 6) is -1.17. The lowest BCUT2D eigenvalue weighted by Crippen LogP contribution is -2.32. The number of methoxy groups -OCH3 is 1. The minimum absolute atomic E-state index is 0.0352. The maximum absolute atomic E-state index is 12.6. The highest BCUT2D eigenvalue weighted by Crippen LogP contribution is 2.35. The molecule has 1 heterocycles. The summed E-state index contributed by atoms with van der Waals surface area (Å²) in [6.07, 6.45) is -0.313. The second kappa shape index (κ2) is 8.19. The number of nitro benzene ring substituents is 1. The second-order valence-electron chi connectivity index (χ2n) is 5.96. The quantitative estimate of drug-likeness (QED) is 0.415. The van der Waals surface area contributed by atoms with E-state index in [1.807, 2.05) is 0 Å². The van der Waals surface area contributed by atoms with E-state index in [2.05, 4.69) is 5.32 Å². The lowest BCUT2D eigenvalue weighted by Gasteiger charge is -2.15. The van der Waals surface area contributed by atoms with Crippen LogP contribution in [-0.4, -0.2) is 39.4 Å². The van der Waals surface area contributed by atoms with Crippen LogP contribution in [0, 0.1) is 10.1 Å². The number of ether oxygens (including phenoxy) is 1. The molecule has 1 aliphatic rings. The predicted molar refractivity (Wildman–Crippen MR) is 105 cm³/mol. The Hall–Kier alpha value is -3.60. The molecule has 0 spiro atoms. The number of nitrogens with one attached hydrogen (secondary N) is 1. The molecule has 150 valence electrons. The summed E-state index contributed by atoms with van der Waals surface area (Å²) < 4.78 is 5.09. The van der Waals surface area contributed by atoms with Crippen molar-refractivity contribution in [2.24, 2.45) is 0 Å². The Balaban J connectivity index is 1.69. The zero-order chi connectivity index (χ0) is 21.1. The predicted octanol–water partition coefficient (Wildman–Crippen LogP) is 2.91. The number of non-ortho nitro benzene ring substituents is 1. The fourth-order valence-electron chi connectivity index (χ4n) is 2.68. The molecular weight excluding hydrogens is 402 g/mol. The van der Waals surface area contributed by atoms with Crippen LogP contribution >= 0.6 is 11.8 Å². The molecule has 0 aromatic heterocycles. The van der Waals surface area contributed by atoms with Crippen molar-refractivity contribution in [3.63, 3.8) is 0 Å². The van der Waals surface area contributed by atoms with E-state index in [0.717, 1.165) is 28.8 Å². The van der Waals surface area contributed by atoms with Crippen molar-refractivity contribution in [1.29, 1.82) is 0 Å². The van der Waals surface area contributed by atoms with Gasteiger partial charge in [0.25, 0.3) is 10.9 Å². The van der Waals surface area contributed by atoms with E-state index in [4.69, 9.17) is 4.74 Å². The lowest BCUT2D eigenvalue weighted by atomic mass is 10.2. The van der Waals surface area contributed by atoms with Gasteiger partial charge < -0.3 is 15.2 Å². The first-order valence-electron chi connectivity index (χ1n) is 8.26. The largest absolute Gasteiger partial charge is 0.506 e. The number of nitrogens with zero attached hydrogens (tertiary/aromatic N) is 2. The van der Waals surface area contributed by atoms with Crippen molar-refractivity contribution < 1.29 is 29.2 Å². The Morgan fingerprint density at radius 1 is 1.31 bits per heavy atom. The standard InChI is InChI=1S/C18H15N3O7S/c1-28-12-4-2-3-10(7-12)20-17(24)15(29-18(20)25)9-16(23)19-13-6-5-11(21(26)27)8-14(13)22/h2-8,15,22H,9H2,1H3,(H,19,23). The minimum atomic E-state index is -0.936. The molecule has 2 N–H and O–H groups in total. The maximum atomic E-state index is 12.6. The zero-order valence-corrected chi connectivity index (χ0v) is 15.8. The van der Waals surface area contributed by atoms with E-state index in [9.17, 15) is 29.6 Å². The first-order valence-corrected chi connectivity index (χ1v) is 9.14. The van der Waals surface area contributed by atoms with E-state index in [-0.39, 0.29) is 17.8 Å². The Morgan fingerprint density at radius 3 is 2.72 bits per heavy atom. The fraction of sp³-hybridized carbons (Fsp3) is 0.167. The molecule has 11 heteroatoms. The van der Waals surface area contributed by atoms with Gasteiger partial charge in [-0.05, 0) is 30.0 Å². The molecule has 10 nitrogen and oxygen atoms in total. The summed E-state index contributed by atoms with van der Waals surface area (Å²) in [6.45, 7) is 0. The number of phenolic OH excluding ortho intramolecular Hbond substituents is 1. The smallest absolute Gasteiger partial charge is 0.293 e. The van der Waals surface area contributed by atoms with E-state index in [0.29, 0.717) is 11.4 Å². The molecule has 2 aromatic rings. The van der Waals surface area contributed by atoms with Gasteiger partial charge in [-0.3, -0.25) is 24.5 Å². The third kappa shape index (κ3) is 4.29. The highest BCUT2D eigenvalue weighted by Gasteiger charge is 2.41. The van der Waals surface area contributed by atoms with E-state index < -0.39 is 33.0 Å². The average molecular weight is 417 g/mol. The van der Waals surface area contributed by atoms with Gasteiger partial charge in [0, 0.05) is 18.6 Å². The SMILES string of the molecule is COc1cccc(N2C(=O)SC(CC(=O)Nc3ccc([N+](=O)[O-])cc3O)C2=O)c1. The zero-order valence-electron chi connectivity index (χ0n) is 15.0. The van der Waals surface area contributed by atoms with Crippen molar-refractivity contribution in [1.82, 2.24) is 0 Å². The number of carbonyl (C=O) groups is 3. The number of nitro groups is 1. The number of thioether (sulfide) groups is 1. The molecule has 1 atom stereocenters. The number of hydrogen-bond acceptors (Lipinski definition) is 8. The molecule has 1 unspecified atom stereocenters. The van der Waals surface area contributed by atoms with Crippen molar-refractivity contribution in [3.05, 3.63) is 52.6 Å². The molecule has 0 bridgehead atoms. The average Bonchev–Trinajstić information content (AvgIpc) is 2.96. The topological polar surface area (TPSA) is 139 Å². The number of hydrogen-bond donors (Lipinski definition) is 2. The molecule has 29 heavy (non-hydrogen) atoms. The number of carbonyl (C=O) groups excluding carboxylic acids is 3. The number of imide groups is 1. The van der Waals surface area contributed by atoms with Crippen LogP contribution in [0.4, 0.5) is 21.9 Å². The van der Waals surface area contributed by atoms with Gasteiger partial charge in [-0.1, -0.05) is 6.07 Å². The van der Waals surface area contributed by atoms with Crippen LogP contribution in [0.3, 0.4) is 0 Å².